The van der Waals surface area contributed by atoms with Crippen LogP contribution in [0.15, 0.2) is 46.2 Å². The Morgan fingerprint density at radius 1 is 1.18 bits per heavy atom. The van der Waals surface area contributed by atoms with E-state index in [0.29, 0.717) is 0 Å². The SMILES string of the molecule is Cc1ccc(C(N)c2cccc3ccsc23)o1. The molecule has 0 saturated carbocycles. The van der Waals surface area contributed by atoms with Gasteiger partial charge in [0.05, 0.1) is 6.04 Å². The van der Waals surface area contributed by atoms with E-state index in [0.717, 1.165) is 17.1 Å². The van der Waals surface area contributed by atoms with Gasteiger partial charge < -0.3 is 10.2 Å². The molecule has 17 heavy (non-hydrogen) atoms. The van der Waals surface area contributed by atoms with Crippen molar-refractivity contribution in [1.29, 1.82) is 0 Å². The van der Waals surface area contributed by atoms with Gasteiger partial charge in [0.1, 0.15) is 11.5 Å². The van der Waals surface area contributed by atoms with Crippen LogP contribution in [0.1, 0.15) is 23.1 Å². The normalized spacial score (nSPS) is 13.1. The monoisotopic (exact) mass is 243 g/mol. The van der Waals surface area contributed by atoms with Crippen LogP contribution in [-0.2, 0) is 0 Å². The molecule has 2 aromatic heterocycles. The third-order valence-corrected chi connectivity index (χ3v) is 3.89. The van der Waals surface area contributed by atoms with Gasteiger partial charge in [0.2, 0.25) is 0 Å². The Bertz CT molecular complexity index is 653. The summed E-state index contributed by atoms with van der Waals surface area (Å²) < 4.78 is 6.85. The van der Waals surface area contributed by atoms with Crippen molar-refractivity contribution in [3.63, 3.8) is 0 Å². The molecule has 1 atom stereocenters. The van der Waals surface area contributed by atoms with E-state index in [1.165, 1.54) is 10.1 Å². The molecule has 2 nitrogen and oxygen atoms in total. The summed E-state index contributed by atoms with van der Waals surface area (Å²) in [6.07, 6.45) is 0. The molecule has 86 valence electrons. The summed E-state index contributed by atoms with van der Waals surface area (Å²) in [6.45, 7) is 1.93. The zero-order chi connectivity index (χ0) is 11.8. The van der Waals surface area contributed by atoms with Crippen LogP contribution in [-0.4, -0.2) is 0 Å². The molecule has 0 fully saturated rings. The van der Waals surface area contributed by atoms with Crippen molar-refractivity contribution in [1.82, 2.24) is 0 Å². The molecule has 0 aliphatic rings. The topological polar surface area (TPSA) is 39.2 Å². The first-order valence-corrected chi connectivity index (χ1v) is 6.42. The summed E-state index contributed by atoms with van der Waals surface area (Å²) in [5.41, 5.74) is 7.40. The van der Waals surface area contributed by atoms with Gasteiger partial charge in [-0.3, -0.25) is 0 Å². The van der Waals surface area contributed by atoms with E-state index >= 15 is 0 Å². The molecule has 0 radical (unpaired) electrons. The Morgan fingerprint density at radius 3 is 2.82 bits per heavy atom. The highest BCUT2D eigenvalue weighted by molar-refractivity contribution is 7.17. The van der Waals surface area contributed by atoms with Crippen LogP contribution in [0.5, 0.6) is 0 Å². The van der Waals surface area contributed by atoms with Crippen LogP contribution >= 0.6 is 11.3 Å². The van der Waals surface area contributed by atoms with Crippen LogP contribution in [0.25, 0.3) is 10.1 Å². The largest absolute Gasteiger partial charge is 0.464 e. The second-order valence-electron chi connectivity index (χ2n) is 4.11. The Morgan fingerprint density at radius 2 is 2.06 bits per heavy atom. The highest BCUT2D eigenvalue weighted by Crippen LogP contribution is 2.31. The number of benzene rings is 1. The van der Waals surface area contributed by atoms with Gasteiger partial charge in [0, 0.05) is 4.70 Å². The highest BCUT2D eigenvalue weighted by atomic mass is 32.1. The molecular formula is C14H13NOS. The number of fused-ring (bicyclic) bond motifs is 1. The van der Waals surface area contributed by atoms with Gasteiger partial charge in [0.25, 0.3) is 0 Å². The van der Waals surface area contributed by atoms with Crippen LogP contribution in [0.3, 0.4) is 0 Å². The molecule has 3 rings (SSSR count). The average Bonchev–Trinajstić information content (AvgIpc) is 2.95. The summed E-state index contributed by atoms with van der Waals surface area (Å²) >= 11 is 1.72. The summed E-state index contributed by atoms with van der Waals surface area (Å²) in [7, 11) is 0. The maximum Gasteiger partial charge on any atom is 0.125 e. The Kier molecular flexibility index (Phi) is 2.50. The summed E-state index contributed by atoms with van der Waals surface area (Å²) in [5, 5.41) is 3.33. The van der Waals surface area contributed by atoms with Crippen LogP contribution in [0.4, 0.5) is 0 Å². The van der Waals surface area contributed by atoms with E-state index in [-0.39, 0.29) is 6.04 Å². The molecular weight excluding hydrogens is 230 g/mol. The second kappa shape index (κ2) is 4.02. The number of nitrogens with two attached hydrogens (primary N) is 1. The quantitative estimate of drug-likeness (QED) is 0.742. The van der Waals surface area contributed by atoms with E-state index in [9.17, 15) is 0 Å². The van der Waals surface area contributed by atoms with E-state index in [1.807, 2.05) is 25.1 Å². The maximum atomic E-state index is 6.27. The molecule has 0 spiro atoms. The maximum absolute atomic E-state index is 6.27. The first-order chi connectivity index (χ1) is 8.25. The lowest BCUT2D eigenvalue weighted by molar-refractivity contribution is 0.467. The predicted molar refractivity (Wildman–Crippen MR) is 71.3 cm³/mol. The zero-order valence-corrected chi connectivity index (χ0v) is 10.3. The Balaban J connectivity index is 2.12. The van der Waals surface area contributed by atoms with Gasteiger partial charge in [-0.15, -0.1) is 11.3 Å². The van der Waals surface area contributed by atoms with E-state index < -0.39 is 0 Å². The number of furan rings is 1. The summed E-state index contributed by atoms with van der Waals surface area (Å²) in [4.78, 5) is 0. The standard InChI is InChI=1S/C14H13NOS/c1-9-5-6-12(16-9)13(15)11-4-2-3-10-7-8-17-14(10)11/h2-8,13H,15H2,1H3. The number of thiophene rings is 1. The molecule has 1 aromatic carbocycles. The number of hydrogen-bond donors (Lipinski definition) is 1. The first kappa shape index (κ1) is 10.6. The Hall–Kier alpha value is -1.58. The van der Waals surface area contributed by atoms with Gasteiger partial charge >= 0.3 is 0 Å². The molecule has 0 saturated heterocycles. The zero-order valence-electron chi connectivity index (χ0n) is 9.51. The van der Waals surface area contributed by atoms with E-state index in [1.54, 1.807) is 11.3 Å². The molecule has 1 unspecified atom stereocenters. The number of rotatable bonds is 2. The lowest BCUT2D eigenvalue weighted by Gasteiger charge is -2.10. The van der Waals surface area contributed by atoms with Crippen molar-refractivity contribution in [2.24, 2.45) is 5.73 Å². The van der Waals surface area contributed by atoms with Gasteiger partial charge in [-0.05, 0) is 41.5 Å². The fraction of sp³-hybridized carbons (Fsp3) is 0.143. The summed E-state index contributed by atoms with van der Waals surface area (Å²) in [6, 6.07) is 12.0. The predicted octanol–water partition coefficient (Wildman–Crippen LogP) is 3.85. The average molecular weight is 243 g/mol. The molecule has 0 aliphatic heterocycles. The minimum absolute atomic E-state index is 0.189. The molecule has 0 bridgehead atoms. The van der Waals surface area contributed by atoms with E-state index in [4.69, 9.17) is 10.2 Å². The lowest BCUT2D eigenvalue weighted by Crippen LogP contribution is -2.10. The van der Waals surface area contributed by atoms with Crippen LogP contribution < -0.4 is 5.73 Å². The fourth-order valence-corrected chi connectivity index (χ4v) is 2.99. The third kappa shape index (κ3) is 1.77. The van der Waals surface area contributed by atoms with Crippen molar-refractivity contribution < 1.29 is 4.42 Å². The van der Waals surface area contributed by atoms with Gasteiger partial charge in [-0.1, -0.05) is 18.2 Å². The number of aryl methyl sites for hydroxylation is 1. The molecule has 3 aromatic rings. The third-order valence-electron chi connectivity index (χ3n) is 2.91. The minimum atomic E-state index is -0.189. The molecule has 3 heteroatoms. The van der Waals surface area contributed by atoms with Gasteiger partial charge in [-0.25, -0.2) is 0 Å². The number of hydrogen-bond acceptors (Lipinski definition) is 3. The van der Waals surface area contributed by atoms with Crippen molar-refractivity contribution in [3.05, 3.63) is 58.9 Å². The smallest absolute Gasteiger partial charge is 0.125 e. The minimum Gasteiger partial charge on any atom is -0.464 e. The first-order valence-electron chi connectivity index (χ1n) is 5.54. The van der Waals surface area contributed by atoms with Crippen molar-refractivity contribution in [3.8, 4) is 0 Å². The fourth-order valence-electron chi connectivity index (χ4n) is 2.03. The Labute approximate surface area is 104 Å². The second-order valence-corrected chi connectivity index (χ2v) is 5.03. The molecule has 2 heterocycles. The lowest BCUT2D eigenvalue weighted by atomic mass is 10.0. The molecule has 0 amide bonds. The van der Waals surface area contributed by atoms with Crippen molar-refractivity contribution in [2.75, 3.05) is 0 Å². The van der Waals surface area contributed by atoms with Gasteiger partial charge in [-0.2, -0.15) is 0 Å². The van der Waals surface area contributed by atoms with Crippen molar-refractivity contribution in [2.45, 2.75) is 13.0 Å². The van der Waals surface area contributed by atoms with E-state index in [2.05, 4.69) is 23.6 Å². The summed E-state index contributed by atoms with van der Waals surface area (Å²) in [5.74, 6) is 1.72. The molecule has 0 aliphatic carbocycles. The van der Waals surface area contributed by atoms with Crippen LogP contribution in [0, 0.1) is 6.92 Å². The van der Waals surface area contributed by atoms with Crippen molar-refractivity contribution >= 4 is 21.4 Å². The molecule has 2 N–H and O–H groups in total. The highest BCUT2D eigenvalue weighted by Gasteiger charge is 2.15. The van der Waals surface area contributed by atoms with Gasteiger partial charge in [0.15, 0.2) is 0 Å². The van der Waals surface area contributed by atoms with Crippen LogP contribution in [0.2, 0.25) is 0 Å².